The molecule has 0 aliphatic rings. The molecule has 0 fully saturated rings. The van der Waals surface area contributed by atoms with E-state index in [9.17, 15) is 0 Å². The number of nitrogens with two attached hydrogens (primary N) is 1. The Labute approximate surface area is 100 Å². The molecule has 1 unspecified atom stereocenters. The van der Waals surface area contributed by atoms with Crippen LogP contribution in [0.15, 0.2) is 22.7 Å². The molecule has 2 rings (SSSR count). The van der Waals surface area contributed by atoms with Gasteiger partial charge in [-0.3, -0.25) is 0 Å². The first-order valence-electron chi connectivity index (χ1n) is 5.48. The summed E-state index contributed by atoms with van der Waals surface area (Å²) in [5.41, 5.74) is 7.38. The fourth-order valence-electron chi connectivity index (χ4n) is 1.52. The van der Waals surface area contributed by atoms with Crippen molar-refractivity contribution in [3.8, 4) is 0 Å². The SMILES string of the molecule is Cc1ccc(N)c(NC(C)c2ncc(C)o2)n1. The summed E-state index contributed by atoms with van der Waals surface area (Å²) in [6.07, 6.45) is 1.69. The topological polar surface area (TPSA) is 77.0 Å². The number of anilines is 2. The first kappa shape index (κ1) is 11.4. The minimum Gasteiger partial charge on any atom is -0.444 e. The van der Waals surface area contributed by atoms with E-state index in [1.165, 1.54) is 0 Å². The summed E-state index contributed by atoms with van der Waals surface area (Å²) in [7, 11) is 0. The molecule has 1 atom stereocenters. The van der Waals surface area contributed by atoms with Crippen LogP contribution in [0, 0.1) is 13.8 Å². The summed E-state index contributed by atoms with van der Waals surface area (Å²) in [5, 5.41) is 3.19. The zero-order valence-electron chi connectivity index (χ0n) is 10.2. The summed E-state index contributed by atoms with van der Waals surface area (Å²) in [5.74, 6) is 2.08. The van der Waals surface area contributed by atoms with Crippen LogP contribution in [0.5, 0.6) is 0 Å². The van der Waals surface area contributed by atoms with Crippen LogP contribution < -0.4 is 11.1 Å². The summed E-state index contributed by atoms with van der Waals surface area (Å²) in [4.78, 5) is 8.51. The number of rotatable bonds is 3. The lowest BCUT2D eigenvalue weighted by Crippen LogP contribution is -2.10. The third kappa shape index (κ3) is 2.55. The maximum Gasteiger partial charge on any atom is 0.216 e. The molecule has 2 heterocycles. The third-order valence-corrected chi connectivity index (χ3v) is 2.43. The minimum absolute atomic E-state index is 0.0692. The molecule has 0 aliphatic carbocycles. The van der Waals surface area contributed by atoms with Gasteiger partial charge in [-0.2, -0.15) is 0 Å². The predicted molar refractivity (Wildman–Crippen MR) is 66.7 cm³/mol. The van der Waals surface area contributed by atoms with Gasteiger partial charge < -0.3 is 15.5 Å². The molecule has 0 radical (unpaired) electrons. The molecular weight excluding hydrogens is 216 g/mol. The summed E-state index contributed by atoms with van der Waals surface area (Å²) >= 11 is 0. The quantitative estimate of drug-likeness (QED) is 0.849. The van der Waals surface area contributed by atoms with Crippen molar-refractivity contribution in [2.75, 3.05) is 11.1 Å². The smallest absolute Gasteiger partial charge is 0.216 e. The second kappa shape index (κ2) is 4.45. The Morgan fingerprint density at radius 1 is 1.35 bits per heavy atom. The number of oxazole rings is 1. The highest BCUT2D eigenvalue weighted by atomic mass is 16.4. The molecular formula is C12H16N4O. The molecule has 0 aromatic carbocycles. The number of nitrogens with one attached hydrogen (secondary N) is 1. The van der Waals surface area contributed by atoms with Gasteiger partial charge in [-0.1, -0.05) is 0 Å². The van der Waals surface area contributed by atoms with Gasteiger partial charge in [0.05, 0.1) is 11.9 Å². The Bertz CT molecular complexity index is 521. The highest BCUT2D eigenvalue weighted by molar-refractivity contribution is 5.61. The average Bonchev–Trinajstić information content (AvgIpc) is 2.70. The number of nitrogen functional groups attached to an aromatic ring is 1. The van der Waals surface area contributed by atoms with Crippen molar-refractivity contribution in [1.29, 1.82) is 0 Å². The van der Waals surface area contributed by atoms with Crippen molar-refractivity contribution < 1.29 is 4.42 Å². The van der Waals surface area contributed by atoms with Crippen molar-refractivity contribution in [3.05, 3.63) is 35.7 Å². The highest BCUT2D eigenvalue weighted by Gasteiger charge is 2.13. The molecule has 0 bridgehead atoms. The zero-order chi connectivity index (χ0) is 12.4. The van der Waals surface area contributed by atoms with Crippen LogP contribution in [0.25, 0.3) is 0 Å². The van der Waals surface area contributed by atoms with Crippen LogP contribution in [0.4, 0.5) is 11.5 Å². The van der Waals surface area contributed by atoms with Gasteiger partial charge in [0.2, 0.25) is 5.89 Å². The van der Waals surface area contributed by atoms with Crippen molar-refractivity contribution in [2.24, 2.45) is 0 Å². The summed E-state index contributed by atoms with van der Waals surface area (Å²) in [6.45, 7) is 5.74. The van der Waals surface area contributed by atoms with E-state index < -0.39 is 0 Å². The normalized spacial score (nSPS) is 12.4. The lowest BCUT2D eigenvalue weighted by Gasteiger charge is -2.13. The van der Waals surface area contributed by atoms with Gasteiger partial charge >= 0.3 is 0 Å². The zero-order valence-corrected chi connectivity index (χ0v) is 10.2. The predicted octanol–water partition coefficient (Wildman–Crippen LogP) is 2.44. The molecule has 0 amide bonds. The second-order valence-corrected chi connectivity index (χ2v) is 4.07. The number of hydrogen-bond acceptors (Lipinski definition) is 5. The summed E-state index contributed by atoms with van der Waals surface area (Å²) < 4.78 is 5.45. The molecule has 0 saturated carbocycles. The fourth-order valence-corrected chi connectivity index (χ4v) is 1.52. The van der Waals surface area contributed by atoms with Gasteiger partial charge in [-0.25, -0.2) is 9.97 Å². The summed E-state index contributed by atoms with van der Waals surface area (Å²) in [6, 6.07) is 3.64. The van der Waals surface area contributed by atoms with Crippen LogP contribution in [0.3, 0.4) is 0 Å². The molecule has 90 valence electrons. The van der Waals surface area contributed by atoms with E-state index >= 15 is 0 Å². The molecule has 2 aromatic rings. The Kier molecular flexibility index (Phi) is 2.99. The standard InChI is InChI=1S/C12H16N4O/c1-7-4-5-10(13)11(15-7)16-9(3)12-14-6-8(2)17-12/h4-6,9H,13H2,1-3H3,(H,15,16). The average molecular weight is 232 g/mol. The van der Waals surface area contributed by atoms with Gasteiger partial charge in [-0.05, 0) is 32.9 Å². The molecule has 5 heteroatoms. The molecule has 17 heavy (non-hydrogen) atoms. The maximum atomic E-state index is 5.85. The monoisotopic (exact) mass is 232 g/mol. The van der Waals surface area contributed by atoms with Crippen LogP contribution in [0.1, 0.15) is 30.3 Å². The first-order chi connectivity index (χ1) is 8.06. The molecule has 0 aliphatic heterocycles. The van der Waals surface area contributed by atoms with Gasteiger partial charge in [0, 0.05) is 5.69 Å². The van der Waals surface area contributed by atoms with E-state index in [1.54, 1.807) is 6.20 Å². The number of nitrogens with zero attached hydrogens (tertiary/aromatic N) is 2. The molecule has 0 spiro atoms. The van der Waals surface area contributed by atoms with Gasteiger partial charge in [-0.15, -0.1) is 0 Å². The van der Waals surface area contributed by atoms with E-state index in [1.807, 2.05) is 32.9 Å². The van der Waals surface area contributed by atoms with Crippen molar-refractivity contribution in [1.82, 2.24) is 9.97 Å². The number of hydrogen-bond donors (Lipinski definition) is 2. The molecule has 2 aromatic heterocycles. The molecule has 3 N–H and O–H groups in total. The van der Waals surface area contributed by atoms with Gasteiger partial charge in [0.1, 0.15) is 17.6 Å². The van der Waals surface area contributed by atoms with Crippen LogP contribution in [-0.2, 0) is 0 Å². The van der Waals surface area contributed by atoms with Gasteiger partial charge in [0.25, 0.3) is 0 Å². The van der Waals surface area contributed by atoms with E-state index in [4.69, 9.17) is 10.2 Å². The number of aromatic nitrogens is 2. The van der Waals surface area contributed by atoms with E-state index in [-0.39, 0.29) is 6.04 Å². The van der Waals surface area contributed by atoms with Crippen LogP contribution >= 0.6 is 0 Å². The maximum absolute atomic E-state index is 5.85. The van der Waals surface area contributed by atoms with Crippen molar-refractivity contribution in [2.45, 2.75) is 26.8 Å². The van der Waals surface area contributed by atoms with Crippen molar-refractivity contribution >= 4 is 11.5 Å². The highest BCUT2D eigenvalue weighted by Crippen LogP contribution is 2.22. The minimum atomic E-state index is -0.0692. The lowest BCUT2D eigenvalue weighted by atomic mass is 10.3. The van der Waals surface area contributed by atoms with E-state index in [0.29, 0.717) is 17.4 Å². The largest absolute Gasteiger partial charge is 0.444 e. The third-order valence-electron chi connectivity index (χ3n) is 2.43. The second-order valence-electron chi connectivity index (χ2n) is 4.07. The first-order valence-corrected chi connectivity index (χ1v) is 5.48. The molecule has 5 nitrogen and oxygen atoms in total. The van der Waals surface area contributed by atoms with Crippen LogP contribution in [0.2, 0.25) is 0 Å². The Morgan fingerprint density at radius 3 is 2.76 bits per heavy atom. The number of pyridine rings is 1. The van der Waals surface area contributed by atoms with Gasteiger partial charge in [0.15, 0.2) is 0 Å². The lowest BCUT2D eigenvalue weighted by molar-refractivity contribution is 0.453. The van der Waals surface area contributed by atoms with E-state index in [0.717, 1.165) is 11.5 Å². The fraction of sp³-hybridized carbons (Fsp3) is 0.333. The Balaban J connectivity index is 2.18. The Morgan fingerprint density at radius 2 is 2.12 bits per heavy atom. The molecule has 0 saturated heterocycles. The van der Waals surface area contributed by atoms with Crippen LogP contribution in [-0.4, -0.2) is 9.97 Å². The number of aryl methyl sites for hydroxylation is 2. The van der Waals surface area contributed by atoms with Crippen molar-refractivity contribution in [3.63, 3.8) is 0 Å². The Hall–Kier alpha value is -2.04. The van der Waals surface area contributed by atoms with E-state index in [2.05, 4.69) is 15.3 Å².